The minimum atomic E-state index is -3.89. The van der Waals surface area contributed by atoms with Gasteiger partial charge in [-0.25, -0.2) is 21.9 Å². The standard InChI is InChI=1S/C19H20F2N2O4S/c1-12-8-14(3-5-18(12)21)22-19(24)17-9-16(4-2-13(17)10-20)28(25,26)23-15-6-7-27-11-15/h2-5,8-9,15,23H,6-7,10-11H2,1H3,(H,22,24)/t15-/m0/s1. The van der Waals surface area contributed by atoms with Crippen LogP contribution in [0.3, 0.4) is 0 Å². The average molecular weight is 410 g/mol. The Morgan fingerprint density at radius 1 is 1.25 bits per heavy atom. The summed E-state index contributed by atoms with van der Waals surface area (Å²) >= 11 is 0. The third-order valence-electron chi connectivity index (χ3n) is 4.45. The molecule has 1 aliphatic rings. The number of hydrogen-bond acceptors (Lipinski definition) is 4. The topological polar surface area (TPSA) is 84.5 Å². The van der Waals surface area contributed by atoms with Gasteiger partial charge in [0.15, 0.2) is 0 Å². The lowest BCUT2D eigenvalue weighted by Gasteiger charge is -2.14. The normalized spacial score (nSPS) is 16.9. The number of alkyl halides is 1. The molecule has 2 aromatic carbocycles. The van der Waals surface area contributed by atoms with Crippen LogP contribution in [0.5, 0.6) is 0 Å². The Morgan fingerprint density at radius 3 is 2.68 bits per heavy atom. The van der Waals surface area contributed by atoms with Gasteiger partial charge in [0, 0.05) is 23.9 Å². The highest BCUT2D eigenvalue weighted by molar-refractivity contribution is 7.89. The predicted octanol–water partition coefficient (Wildman–Crippen LogP) is 2.92. The van der Waals surface area contributed by atoms with Gasteiger partial charge in [0.2, 0.25) is 10.0 Å². The monoisotopic (exact) mass is 410 g/mol. The molecular formula is C19H20F2N2O4S. The summed E-state index contributed by atoms with van der Waals surface area (Å²) in [4.78, 5) is 12.5. The lowest BCUT2D eigenvalue weighted by molar-refractivity contribution is 0.102. The van der Waals surface area contributed by atoms with Gasteiger partial charge in [-0.2, -0.15) is 0 Å². The van der Waals surface area contributed by atoms with E-state index in [1.165, 1.54) is 30.3 Å². The summed E-state index contributed by atoms with van der Waals surface area (Å²) in [5, 5.41) is 2.55. The molecule has 0 radical (unpaired) electrons. The summed E-state index contributed by atoms with van der Waals surface area (Å²) in [6.07, 6.45) is 0.555. The third-order valence-corrected chi connectivity index (χ3v) is 5.97. The van der Waals surface area contributed by atoms with Gasteiger partial charge < -0.3 is 10.1 Å². The van der Waals surface area contributed by atoms with Crippen LogP contribution in [0.1, 0.15) is 27.9 Å². The van der Waals surface area contributed by atoms with Gasteiger partial charge in [-0.1, -0.05) is 6.07 Å². The van der Waals surface area contributed by atoms with E-state index in [0.717, 1.165) is 6.07 Å². The maximum absolute atomic E-state index is 13.4. The summed E-state index contributed by atoms with van der Waals surface area (Å²) < 4.78 is 59.5. The van der Waals surface area contributed by atoms with E-state index in [4.69, 9.17) is 4.74 Å². The highest BCUT2D eigenvalue weighted by atomic mass is 32.2. The van der Waals surface area contributed by atoms with Crippen molar-refractivity contribution < 1.29 is 26.7 Å². The Morgan fingerprint density at radius 2 is 2.04 bits per heavy atom. The molecule has 1 amide bonds. The average Bonchev–Trinajstić information content (AvgIpc) is 3.16. The molecule has 9 heteroatoms. The molecule has 2 aromatic rings. The van der Waals surface area contributed by atoms with E-state index in [1.807, 2.05) is 0 Å². The molecule has 28 heavy (non-hydrogen) atoms. The molecule has 150 valence electrons. The van der Waals surface area contributed by atoms with Crippen LogP contribution in [0.15, 0.2) is 41.3 Å². The third kappa shape index (κ3) is 4.54. The van der Waals surface area contributed by atoms with Crippen LogP contribution in [-0.2, 0) is 21.4 Å². The van der Waals surface area contributed by atoms with Crippen molar-refractivity contribution in [3.63, 3.8) is 0 Å². The van der Waals surface area contributed by atoms with Crippen LogP contribution in [-0.4, -0.2) is 33.6 Å². The highest BCUT2D eigenvalue weighted by Crippen LogP contribution is 2.21. The van der Waals surface area contributed by atoms with Gasteiger partial charge in [0.05, 0.1) is 11.5 Å². The maximum Gasteiger partial charge on any atom is 0.256 e. The summed E-state index contributed by atoms with van der Waals surface area (Å²) in [6.45, 7) is 1.36. The van der Waals surface area contributed by atoms with Crippen molar-refractivity contribution >= 4 is 21.6 Å². The Hall–Kier alpha value is -2.36. The van der Waals surface area contributed by atoms with E-state index < -0.39 is 28.4 Å². The number of aryl methyl sites for hydroxylation is 1. The maximum atomic E-state index is 13.4. The van der Waals surface area contributed by atoms with Gasteiger partial charge in [0.1, 0.15) is 12.5 Å². The van der Waals surface area contributed by atoms with Crippen LogP contribution in [0.25, 0.3) is 0 Å². The van der Waals surface area contributed by atoms with E-state index in [0.29, 0.717) is 24.3 Å². The second kappa shape index (κ2) is 8.34. The van der Waals surface area contributed by atoms with Crippen molar-refractivity contribution in [3.05, 3.63) is 58.9 Å². The zero-order valence-electron chi connectivity index (χ0n) is 15.2. The second-order valence-electron chi connectivity index (χ2n) is 6.55. The molecule has 1 aliphatic heterocycles. The molecule has 0 aromatic heterocycles. The number of nitrogens with one attached hydrogen (secondary N) is 2. The molecule has 0 unspecified atom stereocenters. The number of amides is 1. The zero-order valence-corrected chi connectivity index (χ0v) is 16.0. The van der Waals surface area contributed by atoms with Crippen LogP contribution < -0.4 is 10.0 Å². The fraction of sp³-hybridized carbons (Fsp3) is 0.316. The van der Waals surface area contributed by atoms with Gasteiger partial charge in [-0.15, -0.1) is 0 Å². The fourth-order valence-corrected chi connectivity index (χ4v) is 4.17. The number of halogens is 2. The fourth-order valence-electron chi connectivity index (χ4n) is 2.89. The van der Waals surface area contributed by atoms with E-state index in [9.17, 15) is 22.0 Å². The number of sulfonamides is 1. The molecule has 2 N–H and O–H groups in total. The number of rotatable bonds is 6. The van der Waals surface area contributed by atoms with E-state index in [2.05, 4.69) is 10.0 Å². The van der Waals surface area contributed by atoms with E-state index in [1.54, 1.807) is 6.92 Å². The zero-order chi connectivity index (χ0) is 20.3. The highest BCUT2D eigenvalue weighted by Gasteiger charge is 2.25. The lowest BCUT2D eigenvalue weighted by atomic mass is 10.1. The molecule has 1 saturated heterocycles. The van der Waals surface area contributed by atoms with Gasteiger partial charge >= 0.3 is 0 Å². The molecular weight excluding hydrogens is 390 g/mol. The summed E-state index contributed by atoms with van der Waals surface area (Å²) in [6, 6.07) is 7.33. The first-order chi connectivity index (χ1) is 13.3. The summed E-state index contributed by atoms with van der Waals surface area (Å²) in [5.74, 6) is -1.10. The summed E-state index contributed by atoms with van der Waals surface area (Å²) in [5.41, 5.74) is 0.612. The Balaban J connectivity index is 1.87. The van der Waals surface area contributed by atoms with E-state index in [-0.39, 0.29) is 28.7 Å². The molecule has 1 heterocycles. The Labute approximate surface area is 162 Å². The van der Waals surface area contributed by atoms with Crippen molar-refractivity contribution in [2.24, 2.45) is 0 Å². The molecule has 1 fully saturated rings. The SMILES string of the molecule is Cc1cc(NC(=O)c2cc(S(=O)(=O)N[C@H]3CCOC3)ccc2CF)ccc1F. The summed E-state index contributed by atoms with van der Waals surface area (Å²) in [7, 11) is -3.89. The number of ether oxygens (including phenoxy) is 1. The smallest absolute Gasteiger partial charge is 0.256 e. The van der Waals surface area contributed by atoms with Gasteiger partial charge in [0.25, 0.3) is 5.91 Å². The quantitative estimate of drug-likeness (QED) is 0.767. The predicted molar refractivity (Wildman–Crippen MR) is 99.9 cm³/mol. The van der Waals surface area contributed by atoms with Crippen LogP contribution in [0.2, 0.25) is 0 Å². The Kier molecular flexibility index (Phi) is 6.07. The first-order valence-corrected chi connectivity index (χ1v) is 10.1. The number of hydrogen-bond donors (Lipinski definition) is 2. The van der Waals surface area contributed by atoms with Crippen LogP contribution >= 0.6 is 0 Å². The molecule has 0 bridgehead atoms. The minimum absolute atomic E-state index is 0.0551. The van der Waals surface area contributed by atoms with Crippen LogP contribution in [0.4, 0.5) is 14.5 Å². The molecule has 3 rings (SSSR count). The molecule has 0 aliphatic carbocycles. The van der Waals surface area contributed by atoms with Crippen LogP contribution in [0, 0.1) is 12.7 Å². The number of anilines is 1. The Bertz CT molecular complexity index is 989. The van der Waals surface area contributed by atoms with Gasteiger partial charge in [-0.3, -0.25) is 4.79 Å². The number of carbonyl (C=O) groups is 1. The number of carbonyl (C=O) groups excluding carboxylic acids is 1. The molecule has 0 saturated carbocycles. The first-order valence-electron chi connectivity index (χ1n) is 8.66. The van der Waals surface area contributed by atoms with Crippen molar-refractivity contribution in [2.45, 2.75) is 31.0 Å². The van der Waals surface area contributed by atoms with Crippen molar-refractivity contribution in [3.8, 4) is 0 Å². The number of benzene rings is 2. The second-order valence-corrected chi connectivity index (χ2v) is 8.27. The largest absolute Gasteiger partial charge is 0.380 e. The van der Waals surface area contributed by atoms with E-state index >= 15 is 0 Å². The van der Waals surface area contributed by atoms with Crippen molar-refractivity contribution in [1.82, 2.24) is 4.72 Å². The lowest BCUT2D eigenvalue weighted by Crippen LogP contribution is -2.35. The first kappa shape index (κ1) is 20.4. The van der Waals surface area contributed by atoms with Crippen molar-refractivity contribution in [1.29, 1.82) is 0 Å². The molecule has 1 atom stereocenters. The van der Waals surface area contributed by atoms with Gasteiger partial charge in [-0.05, 0) is 54.8 Å². The van der Waals surface area contributed by atoms with Crippen molar-refractivity contribution in [2.75, 3.05) is 18.5 Å². The molecule has 6 nitrogen and oxygen atoms in total. The molecule has 0 spiro atoms. The minimum Gasteiger partial charge on any atom is -0.380 e.